The number of aromatic nitrogens is 3. The Labute approximate surface area is 180 Å². The Balaban J connectivity index is 1.83. The van der Waals surface area contributed by atoms with Crippen molar-refractivity contribution in [3.05, 3.63) is 16.0 Å². The van der Waals surface area contributed by atoms with E-state index in [1.165, 1.54) is 24.6 Å². The van der Waals surface area contributed by atoms with Crippen molar-refractivity contribution in [2.75, 3.05) is 12.4 Å². The number of rotatable bonds is 11. The Bertz CT molecular complexity index is 748. The molecule has 2 rings (SSSR count). The summed E-state index contributed by atoms with van der Waals surface area (Å²) in [6.45, 7) is 9.19. The summed E-state index contributed by atoms with van der Waals surface area (Å²) in [7, 11) is 0. The number of hydrogen-bond donors (Lipinski definition) is 0. The minimum atomic E-state index is -0.126. The molecule has 7 heteroatoms. The molecular weight excluding hydrogens is 473 g/mol. The van der Waals surface area contributed by atoms with Crippen molar-refractivity contribution in [2.45, 2.75) is 71.0 Å². The fourth-order valence-corrected chi connectivity index (χ4v) is 4.31. The molecule has 27 heavy (non-hydrogen) atoms. The second kappa shape index (κ2) is 11.2. The van der Waals surface area contributed by atoms with E-state index in [1.54, 1.807) is 0 Å². The van der Waals surface area contributed by atoms with Crippen molar-refractivity contribution in [1.82, 2.24) is 14.5 Å². The molecule has 0 bridgehead atoms. The molecule has 0 saturated heterocycles. The lowest BCUT2D eigenvalue weighted by molar-refractivity contribution is -0.144. The van der Waals surface area contributed by atoms with Crippen molar-refractivity contribution >= 4 is 51.4 Å². The Morgan fingerprint density at radius 3 is 2.81 bits per heavy atom. The molecule has 1 unspecified atom stereocenters. The molecule has 0 amide bonds. The molecule has 0 aliphatic carbocycles. The zero-order chi connectivity index (χ0) is 19.8. The molecule has 2 heterocycles. The number of ether oxygens (including phenoxy) is 1. The van der Waals surface area contributed by atoms with Gasteiger partial charge in [0.15, 0.2) is 5.16 Å². The lowest BCUT2D eigenvalue weighted by Gasteiger charge is -2.14. The number of nitrogens with zero attached hydrogens (tertiary/aromatic N) is 3. The highest BCUT2D eigenvalue weighted by Crippen LogP contribution is 2.26. The van der Waals surface area contributed by atoms with Crippen molar-refractivity contribution < 1.29 is 9.53 Å². The number of carbonyl (C=O) groups excluding carboxylic acids is 1. The van der Waals surface area contributed by atoms with Crippen molar-refractivity contribution in [3.8, 4) is 0 Å². The molecule has 0 spiro atoms. The van der Waals surface area contributed by atoms with E-state index in [-0.39, 0.29) is 5.97 Å². The summed E-state index contributed by atoms with van der Waals surface area (Å²) < 4.78 is 8.76. The predicted octanol–water partition coefficient (Wildman–Crippen LogP) is 5.86. The first-order chi connectivity index (χ1) is 13.0. The molecular formula is C20H30IN3O2S. The molecule has 5 nitrogen and oxygen atoms in total. The molecule has 1 atom stereocenters. The number of unbranched alkanes of at least 4 members (excludes halogenated alkanes) is 1. The first kappa shape index (κ1) is 22.5. The monoisotopic (exact) mass is 503 g/mol. The van der Waals surface area contributed by atoms with Crippen LogP contribution in [-0.2, 0) is 9.53 Å². The van der Waals surface area contributed by atoms with Gasteiger partial charge in [-0.3, -0.25) is 4.79 Å². The molecule has 0 fully saturated rings. The van der Waals surface area contributed by atoms with Crippen LogP contribution in [0.1, 0.15) is 65.8 Å². The highest BCUT2D eigenvalue weighted by Gasteiger charge is 2.13. The van der Waals surface area contributed by atoms with Gasteiger partial charge in [0.2, 0.25) is 0 Å². The number of halogens is 1. The van der Waals surface area contributed by atoms with Crippen LogP contribution in [0.2, 0.25) is 0 Å². The van der Waals surface area contributed by atoms with Crippen LogP contribution >= 0.6 is 34.4 Å². The van der Waals surface area contributed by atoms with Gasteiger partial charge >= 0.3 is 5.97 Å². The minimum Gasteiger partial charge on any atom is -0.465 e. The maximum atomic E-state index is 12.0. The number of hydrogen-bond acceptors (Lipinski definition) is 5. The third-order valence-corrected chi connectivity index (χ3v) is 6.27. The van der Waals surface area contributed by atoms with E-state index in [4.69, 9.17) is 4.74 Å². The van der Waals surface area contributed by atoms with Crippen LogP contribution in [0.25, 0.3) is 11.0 Å². The van der Waals surface area contributed by atoms with Crippen LogP contribution < -0.4 is 0 Å². The lowest BCUT2D eigenvalue weighted by atomic mass is 10.0. The quantitative estimate of drug-likeness (QED) is 0.166. The fourth-order valence-electron chi connectivity index (χ4n) is 2.88. The SMILES string of the molecule is CCCCC(CC)COC(=O)CCSc1ncc2c(n1)c(I)cn2C(C)C. The standard InChI is InChI=1S/C20H30IN3O2S/c1-5-7-8-15(6-2)13-26-18(25)9-10-27-20-22-11-17-19(23-20)16(21)12-24(17)14(3)4/h11-12,14-15H,5-10,13H2,1-4H3. The van der Waals surface area contributed by atoms with Crippen LogP contribution in [0.3, 0.4) is 0 Å². The lowest BCUT2D eigenvalue weighted by Crippen LogP contribution is -2.14. The summed E-state index contributed by atoms with van der Waals surface area (Å²) in [4.78, 5) is 21.1. The van der Waals surface area contributed by atoms with E-state index < -0.39 is 0 Å². The normalized spacial score (nSPS) is 12.7. The van der Waals surface area contributed by atoms with Gasteiger partial charge in [-0.05, 0) is 48.8 Å². The number of fused-ring (bicyclic) bond motifs is 1. The highest BCUT2D eigenvalue weighted by atomic mass is 127. The van der Waals surface area contributed by atoms with Gasteiger partial charge in [0.1, 0.15) is 5.52 Å². The summed E-state index contributed by atoms with van der Waals surface area (Å²) in [5.74, 6) is 0.996. The average molecular weight is 503 g/mol. The van der Waals surface area contributed by atoms with Crippen molar-refractivity contribution in [2.24, 2.45) is 5.92 Å². The molecule has 0 N–H and O–H groups in total. The Morgan fingerprint density at radius 2 is 2.15 bits per heavy atom. The van der Waals surface area contributed by atoms with Gasteiger partial charge in [-0.25, -0.2) is 9.97 Å². The van der Waals surface area contributed by atoms with Gasteiger partial charge in [-0.1, -0.05) is 44.9 Å². The van der Waals surface area contributed by atoms with E-state index in [1.807, 2.05) is 6.20 Å². The molecule has 0 saturated carbocycles. The second-order valence-electron chi connectivity index (χ2n) is 7.06. The number of esters is 1. The number of thioether (sulfide) groups is 1. The molecule has 2 aromatic rings. The van der Waals surface area contributed by atoms with Crippen molar-refractivity contribution in [3.63, 3.8) is 0 Å². The molecule has 0 aromatic carbocycles. The summed E-state index contributed by atoms with van der Waals surface area (Å²) in [5.41, 5.74) is 2.03. The molecule has 150 valence electrons. The smallest absolute Gasteiger partial charge is 0.306 e. The van der Waals surface area contributed by atoms with Gasteiger partial charge in [0.05, 0.1) is 28.3 Å². The van der Waals surface area contributed by atoms with Crippen LogP contribution in [0.15, 0.2) is 17.6 Å². The Hall–Kier alpha value is -0.830. The van der Waals surface area contributed by atoms with Gasteiger partial charge in [0, 0.05) is 18.0 Å². The zero-order valence-electron chi connectivity index (χ0n) is 16.7. The van der Waals surface area contributed by atoms with E-state index in [9.17, 15) is 4.79 Å². The maximum Gasteiger partial charge on any atom is 0.306 e. The van der Waals surface area contributed by atoms with Gasteiger partial charge < -0.3 is 9.30 Å². The summed E-state index contributed by atoms with van der Waals surface area (Å²) in [6, 6.07) is 0.372. The summed E-state index contributed by atoms with van der Waals surface area (Å²) in [6.07, 6.45) is 8.96. The van der Waals surface area contributed by atoms with Crippen LogP contribution in [0.5, 0.6) is 0 Å². The maximum absolute atomic E-state index is 12.0. The zero-order valence-corrected chi connectivity index (χ0v) is 19.7. The fraction of sp³-hybridized carbons (Fsp3) is 0.650. The van der Waals surface area contributed by atoms with E-state index in [2.05, 4.69) is 71.0 Å². The molecule has 0 radical (unpaired) electrons. The largest absolute Gasteiger partial charge is 0.465 e. The molecule has 0 aliphatic rings. The third-order valence-electron chi connectivity index (χ3n) is 4.62. The minimum absolute atomic E-state index is 0.126. The third kappa shape index (κ3) is 6.62. The molecule has 0 aliphatic heterocycles. The van der Waals surface area contributed by atoms with E-state index >= 15 is 0 Å². The van der Waals surface area contributed by atoms with Crippen LogP contribution in [0, 0.1) is 9.49 Å². The van der Waals surface area contributed by atoms with Crippen LogP contribution in [-0.4, -0.2) is 32.9 Å². The molecule has 2 aromatic heterocycles. The predicted molar refractivity (Wildman–Crippen MR) is 120 cm³/mol. The number of carbonyl (C=O) groups is 1. The van der Waals surface area contributed by atoms with Crippen molar-refractivity contribution in [1.29, 1.82) is 0 Å². The average Bonchev–Trinajstić information content (AvgIpc) is 2.98. The summed E-state index contributed by atoms with van der Waals surface area (Å²) in [5, 5.41) is 0.712. The highest BCUT2D eigenvalue weighted by molar-refractivity contribution is 14.1. The van der Waals surface area contributed by atoms with E-state index in [0.29, 0.717) is 35.9 Å². The topological polar surface area (TPSA) is 57.0 Å². The second-order valence-corrected chi connectivity index (χ2v) is 9.29. The van der Waals surface area contributed by atoms with Crippen LogP contribution in [0.4, 0.5) is 0 Å². The first-order valence-corrected chi connectivity index (χ1v) is 11.8. The first-order valence-electron chi connectivity index (χ1n) is 9.77. The van der Waals surface area contributed by atoms with Gasteiger partial charge in [0.25, 0.3) is 0 Å². The Morgan fingerprint density at radius 1 is 1.37 bits per heavy atom. The Kier molecular flexibility index (Phi) is 9.35. The van der Waals surface area contributed by atoms with Gasteiger partial charge in [-0.2, -0.15) is 0 Å². The van der Waals surface area contributed by atoms with E-state index in [0.717, 1.165) is 27.4 Å². The summed E-state index contributed by atoms with van der Waals surface area (Å²) >= 11 is 3.82. The van der Waals surface area contributed by atoms with Gasteiger partial charge in [-0.15, -0.1) is 0 Å².